The van der Waals surface area contributed by atoms with Gasteiger partial charge in [-0.05, 0) is 24.3 Å². The van der Waals surface area contributed by atoms with E-state index in [4.69, 9.17) is 0 Å². The minimum absolute atomic E-state index is 0.280. The van der Waals surface area contributed by atoms with Gasteiger partial charge in [-0.2, -0.15) is 0 Å². The fourth-order valence-corrected chi connectivity index (χ4v) is 2.34. The molecular weight excluding hydrogens is 266 g/mol. The van der Waals surface area contributed by atoms with Crippen LogP contribution in [0.3, 0.4) is 0 Å². The zero-order valence-electron chi connectivity index (χ0n) is 10.9. The van der Waals surface area contributed by atoms with E-state index in [1.165, 1.54) is 0 Å². The summed E-state index contributed by atoms with van der Waals surface area (Å²) in [6.07, 6.45) is 0. The smallest absolute Gasteiger partial charge is 0.187 e. The van der Waals surface area contributed by atoms with Gasteiger partial charge in [0.05, 0.1) is 22.1 Å². The highest BCUT2D eigenvalue weighted by Gasteiger charge is 2.16. The number of fused-ring (bicyclic) bond motifs is 2. The van der Waals surface area contributed by atoms with Gasteiger partial charge in [-0.3, -0.25) is 0 Å². The maximum atomic E-state index is 9.35. The van der Waals surface area contributed by atoms with E-state index in [-0.39, 0.29) is 5.71 Å². The third-order valence-corrected chi connectivity index (χ3v) is 3.33. The lowest BCUT2D eigenvalue weighted by atomic mass is 10.3. The Hall–Kier alpha value is -3.15. The zero-order chi connectivity index (χ0) is 14.2. The van der Waals surface area contributed by atoms with Gasteiger partial charge in [0.2, 0.25) is 0 Å². The minimum atomic E-state index is 0.280. The van der Waals surface area contributed by atoms with Crippen molar-refractivity contribution in [2.75, 3.05) is 0 Å². The molecule has 2 aromatic heterocycles. The molecule has 0 saturated carbocycles. The molecule has 6 heteroatoms. The monoisotopic (exact) mass is 277 g/mol. The molecule has 0 spiro atoms. The number of nitrogens with one attached hydrogen (secondary N) is 2. The summed E-state index contributed by atoms with van der Waals surface area (Å²) in [5.74, 6) is 0.940. The van der Waals surface area contributed by atoms with Crippen molar-refractivity contribution in [2.45, 2.75) is 0 Å². The average molecular weight is 277 g/mol. The number of para-hydroxylation sites is 4. The highest BCUT2D eigenvalue weighted by atomic mass is 16.4. The lowest BCUT2D eigenvalue weighted by Gasteiger charge is -1.95. The summed E-state index contributed by atoms with van der Waals surface area (Å²) >= 11 is 0. The van der Waals surface area contributed by atoms with Crippen LogP contribution in [0, 0.1) is 0 Å². The Labute approximate surface area is 119 Å². The molecule has 6 nitrogen and oxygen atoms in total. The summed E-state index contributed by atoms with van der Waals surface area (Å²) in [7, 11) is 0. The van der Waals surface area contributed by atoms with Crippen molar-refractivity contribution in [1.29, 1.82) is 0 Å². The fourth-order valence-electron chi connectivity index (χ4n) is 2.34. The largest absolute Gasteiger partial charge is 0.410 e. The van der Waals surface area contributed by atoms with Crippen LogP contribution in [0.15, 0.2) is 53.7 Å². The molecule has 4 rings (SSSR count). The highest BCUT2D eigenvalue weighted by molar-refractivity contribution is 6.10. The van der Waals surface area contributed by atoms with Gasteiger partial charge in [-0.25, -0.2) is 9.97 Å². The van der Waals surface area contributed by atoms with Crippen LogP contribution in [0.5, 0.6) is 0 Å². The molecule has 3 N–H and O–H groups in total. The van der Waals surface area contributed by atoms with Gasteiger partial charge in [0.25, 0.3) is 0 Å². The number of imidazole rings is 2. The van der Waals surface area contributed by atoms with Crippen molar-refractivity contribution in [3.8, 4) is 0 Å². The lowest BCUT2D eigenvalue weighted by molar-refractivity contribution is 0.319. The molecule has 21 heavy (non-hydrogen) atoms. The Bertz CT molecular complexity index is 824. The van der Waals surface area contributed by atoms with Crippen molar-refractivity contribution < 1.29 is 5.21 Å². The molecule has 0 saturated heterocycles. The molecule has 0 fully saturated rings. The van der Waals surface area contributed by atoms with Crippen LogP contribution >= 0.6 is 0 Å². The zero-order valence-corrected chi connectivity index (χ0v) is 10.9. The van der Waals surface area contributed by atoms with Gasteiger partial charge in [-0.1, -0.05) is 29.4 Å². The maximum absolute atomic E-state index is 9.35. The van der Waals surface area contributed by atoms with Crippen LogP contribution in [0.25, 0.3) is 22.1 Å². The molecular formula is C15H11N5O. The summed E-state index contributed by atoms with van der Waals surface area (Å²) in [4.78, 5) is 15.1. The number of oxime groups is 1. The van der Waals surface area contributed by atoms with Crippen LogP contribution in [0.4, 0.5) is 0 Å². The fraction of sp³-hybridized carbons (Fsp3) is 0. The number of nitrogens with zero attached hydrogens (tertiary/aromatic N) is 3. The van der Waals surface area contributed by atoms with Gasteiger partial charge >= 0.3 is 0 Å². The number of benzene rings is 2. The van der Waals surface area contributed by atoms with Crippen LogP contribution in [-0.4, -0.2) is 30.9 Å². The summed E-state index contributed by atoms with van der Waals surface area (Å²) in [5.41, 5.74) is 3.66. The van der Waals surface area contributed by atoms with Crippen molar-refractivity contribution in [3.63, 3.8) is 0 Å². The molecule has 0 amide bonds. The van der Waals surface area contributed by atoms with Crippen molar-refractivity contribution >= 4 is 27.8 Å². The van der Waals surface area contributed by atoms with E-state index in [1.54, 1.807) is 0 Å². The summed E-state index contributed by atoms with van der Waals surface area (Å²) in [5, 5.41) is 12.7. The van der Waals surface area contributed by atoms with E-state index >= 15 is 0 Å². The number of aromatic nitrogens is 4. The Kier molecular flexibility index (Phi) is 2.47. The van der Waals surface area contributed by atoms with Gasteiger partial charge in [-0.15, -0.1) is 0 Å². The Morgan fingerprint density at radius 1 is 0.810 bits per heavy atom. The molecule has 102 valence electrons. The topological polar surface area (TPSA) is 89.9 Å². The van der Waals surface area contributed by atoms with E-state index in [0.717, 1.165) is 22.1 Å². The standard InChI is InChI=1S/C15H11N5O/c21-20-13(14-16-9-5-1-2-6-10(9)17-14)15-18-11-7-3-4-8-12(11)19-15/h1-8,21H,(H,16,17)(H,18,19). The Balaban J connectivity index is 1.87. The predicted molar refractivity (Wildman–Crippen MR) is 79.6 cm³/mol. The molecule has 0 aliphatic rings. The molecule has 0 unspecified atom stereocenters. The first-order valence-electron chi connectivity index (χ1n) is 6.47. The molecule has 4 aromatic rings. The quantitative estimate of drug-likeness (QED) is 0.299. The Morgan fingerprint density at radius 3 is 1.71 bits per heavy atom. The van der Waals surface area contributed by atoms with Gasteiger partial charge in [0, 0.05) is 0 Å². The average Bonchev–Trinajstić information content (AvgIpc) is 3.11. The van der Waals surface area contributed by atoms with E-state index in [0.29, 0.717) is 11.6 Å². The molecule has 2 heterocycles. The normalized spacial score (nSPS) is 11.0. The van der Waals surface area contributed by atoms with Gasteiger partial charge in [0.1, 0.15) is 0 Å². The SMILES string of the molecule is ON=C(c1nc2ccccc2[nH]1)c1nc2ccccc2[nH]1. The lowest BCUT2D eigenvalue weighted by Crippen LogP contribution is -2.07. The molecule has 2 aromatic carbocycles. The molecule has 0 radical (unpaired) electrons. The summed E-state index contributed by atoms with van der Waals surface area (Å²) < 4.78 is 0. The first-order chi connectivity index (χ1) is 10.3. The number of hydrogen-bond acceptors (Lipinski definition) is 4. The number of H-pyrrole nitrogens is 2. The predicted octanol–water partition coefficient (Wildman–Crippen LogP) is 2.67. The summed E-state index contributed by atoms with van der Waals surface area (Å²) in [6, 6.07) is 15.3. The van der Waals surface area contributed by atoms with Crippen LogP contribution in [-0.2, 0) is 0 Å². The van der Waals surface area contributed by atoms with Crippen LogP contribution < -0.4 is 0 Å². The highest BCUT2D eigenvalue weighted by Crippen LogP contribution is 2.16. The van der Waals surface area contributed by atoms with Gasteiger partial charge in [0.15, 0.2) is 17.4 Å². The van der Waals surface area contributed by atoms with E-state index in [9.17, 15) is 5.21 Å². The first kappa shape index (κ1) is 11.7. The van der Waals surface area contributed by atoms with E-state index in [1.807, 2.05) is 48.5 Å². The second-order valence-corrected chi connectivity index (χ2v) is 4.65. The maximum Gasteiger partial charge on any atom is 0.187 e. The van der Waals surface area contributed by atoms with Crippen molar-refractivity contribution in [2.24, 2.45) is 5.16 Å². The van der Waals surface area contributed by atoms with Crippen molar-refractivity contribution in [1.82, 2.24) is 19.9 Å². The van der Waals surface area contributed by atoms with Crippen LogP contribution in [0.1, 0.15) is 11.6 Å². The number of aromatic amines is 2. The first-order valence-corrected chi connectivity index (χ1v) is 6.47. The van der Waals surface area contributed by atoms with E-state index in [2.05, 4.69) is 25.1 Å². The molecule has 0 atom stereocenters. The third-order valence-electron chi connectivity index (χ3n) is 3.33. The summed E-state index contributed by atoms with van der Waals surface area (Å²) in [6.45, 7) is 0. The van der Waals surface area contributed by atoms with E-state index < -0.39 is 0 Å². The number of rotatable bonds is 2. The number of hydrogen-bond donors (Lipinski definition) is 3. The second kappa shape index (κ2) is 4.45. The van der Waals surface area contributed by atoms with Crippen LogP contribution in [0.2, 0.25) is 0 Å². The minimum Gasteiger partial charge on any atom is -0.410 e. The second-order valence-electron chi connectivity index (χ2n) is 4.65. The molecule has 0 bridgehead atoms. The Morgan fingerprint density at radius 2 is 1.29 bits per heavy atom. The molecule has 0 aliphatic heterocycles. The molecule has 0 aliphatic carbocycles. The van der Waals surface area contributed by atoms with Gasteiger partial charge < -0.3 is 15.2 Å². The van der Waals surface area contributed by atoms with Crippen molar-refractivity contribution in [3.05, 3.63) is 60.2 Å². The third kappa shape index (κ3) is 1.85.